The average molecular weight is 191 g/mol. The van der Waals surface area contributed by atoms with Crippen LogP contribution in [-0.4, -0.2) is 20.5 Å². The third-order valence-electron chi connectivity index (χ3n) is 2.03. The molecule has 0 amide bonds. The Morgan fingerprint density at radius 2 is 2.36 bits per heavy atom. The number of aromatic carboxylic acids is 1. The summed E-state index contributed by atoms with van der Waals surface area (Å²) < 4.78 is 1.54. The molecule has 2 heterocycles. The van der Waals surface area contributed by atoms with Crippen LogP contribution in [0.4, 0.5) is 0 Å². The normalized spacial score (nSPS) is 10.6. The van der Waals surface area contributed by atoms with Gasteiger partial charge in [0.25, 0.3) is 0 Å². The number of hydrogen-bond acceptors (Lipinski definition) is 3. The van der Waals surface area contributed by atoms with Crippen LogP contribution in [0.5, 0.6) is 0 Å². The first-order valence-electron chi connectivity index (χ1n) is 4.12. The molecule has 0 spiro atoms. The number of rotatable bonds is 2. The zero-order chi connectivity index (χ0) is 10.1. The molecule has 5 heteroatoms. The molecule has 72 valence electrons. The predicted molar refractivity (Wildman–Crippen MR) is 50.0 cm³/mol. The van der Waals surface area contributed by atoms with Crippen LogP contribution in [0.2, 0.25) is 0 Å². The average Bonchev–Trinajstić information content (AvgIpc) is 2.59. The maximum absolute atomic E-state index is 10.9. The van der Waals surface area contributed by atoms with Gasteiger partial charge in [0, 0.05) is 6.54 Å². The van der Waals surface area contributed by atoms with Crippen LogP contribution in [0.15, 0.2) is 24.4 Å². The molecule has 0 unspecified atom stereocenters. The fourth-order valence-electron chi connectivity index (χ4n) is 1.41. The van der Waals surface area contributed by atoms with E-state index in [1.54, 1.807) is 22.7 Å². The van der Waals surface area contributed by atoms with Gasteiger partial charge in [-0.2, -0.15) is 0 Å². The van der Waals surface area contributed by atoms with E-state index >= 15 is 0 Å². The number of carboxylic acid groups (broad SMARTS) is 1. The van der Waals surface area contributed by atoms with Crippen molar-refractivity contribution >= 4 is 11.6 Å². The molecule has 0 radical (unpaired) electrons. The minimum atomic E-state index is -0.983. The fourth-order valence-corrected chi connectivity index (χ4v) is 1.41. The number of hydrogen-bond donors (Lipinski definition) is 2. The molecule has 0 saturated heterocycles. The summed E-state index contributed by atoms with van der Waals surface area (Å²) in [6.07, 6.45) is 1.59. The third-order valence-corrected chi connectivity index (χ3v) is 2.03. The van der Waals surface area contributed by atoms with Crippen LogP contribution in [0.25, 0.3) is 5.65 Å². The molecule has 3 N–H and O–H groups in total. The lowest BCUT2D eigenvalue weighted by Gasteiger charge is -2.02. The van der Waals surface area contributed by atoms with Crippen molar-refractivity contribution in [3.63, 3.8) is 0 Å². The van der Waals surface area contributed by atoms with Gasteiger partial charge in [0.2, 0.25) is 0 Å². The summed E-state index contributed by atoms with van der Waals surface area (Å²) in [5, 5.41) is 8.93. The summed E-state index contributed by atoms with van der Waals surface area (Å²) >= 11 is 0. The Kier molecular flexibility index (Phi) is 1.94. The first-order chi connectivity index (χ1) is 6.74. The Morgan fingerprint density at radius 3 is 3.00 bits per heavy atom. The van der Waals surface area contributed by atoms with Crippen molar-refractivity contribution in [3.8, 4) is 0 Å². The molecule has 2 aromatic heterocycles. The van der Waals surface area contributed by atoms with Crippen molar-refractivity contribution in [3.05, 3.63) is 35.8 Å². The molecule has 0 aliphatic heterocycles. The van der Waals surface area contributed by atoms with E-state index in [0.717, 1.165) is 0 Å². The second-order valence-electron chi connectivity index (χ2n) is 2.86. The minimum Gasteiger partial charge on any atom is -0.477 e. The van der Waals surface area contributed by atoms with Gasteiger partial charge in [0.05, 0.1) is 11.9 Å². The van der Waals surface area contributed by atoms with E-state index in [0.29, 0.717) is 11.3 Å². The Hall–Kier alpha value is -1.88. The SMILES string of the molecule is NCc1cnc2cccc(C(=O)O)n12. The van der Waals surface area contributed by atoms with Crippen molar-refractivity contribution in [1.29, 1.82) is 0 Å². The maximum Gasteiger partial charge on any atom is 0.352 e. The van der Waals surface area contributed by atoms with Crippen molar-refractivity contribution in [2.75, 3.05) is 0 Å². The van der Waals surface area contributed by atoms with Gasteiger partial charge < -0.3 is 10.8 Å². The lowest BCUT2D eigenvalue weighted by Crippen LogP contribution is -2.09. The van der Waals surface area contributed by atoms with Gasteiger partial charge in [-0.15, -0.1) is 0 Å². The third kappa shape index (κ3) is 1.14. The summed E-state index contributed by atoms with van der Waals surface area (Å²) in [5.74, 6) is -0.983. The molecule has 0 aromatic carbocycles. The van der Waals surface area contributed by atoms with E-state index in [1.807, 2.05) is 0 Å². The standard InChI is InChI=1S/C9H9N3O2/c10-4-6-5-11-8-3-1-2-7(9(13)14)12(6)8/h1-3,5H,4,10H2,(H,13,14). The van der Waals surface area contributed by atoms with E-state index in [-0.39, 0.29) is 12.2 Å². The summed E-state index contributed by atoms with van der Waals surface area (Å²) in [6, 6.07) is 4.92. The van der Waals surface area contributed by atoms with Gasteiger partial charge in [-0.25, -0.2) is 9.78 Å². The quantitative estimate of drug-likeness (QED) is 0.723. The minimum absolute atomic E-state index is 0.181. The highest BCUT2D eigenvalue weighted by Crippen LogP contribution is 2.10. The van der Waals surface area contributed by atoms with Gasteiger partial charge in [0.15, 0.2) is 0 Å². The van der Waals surface area contributed by atoms with Crippen molar-refractivity contribution in [2.45, 2.75) is 6.54 Å². The summed E-state index contributed by atoms with van der Waals surface area (Å²) in [4.78, 5) is 14.9. The summed E-state index contributed by atoms with van der Waals surface area (Å²) in [7, 11) is 0. The van der Waals surface area contributed by atoms with Crippen LogP contribution in [-0.2, 0) is 6.54 Å². The molecular weight excluding hydrogens is 182 g/mol. The molecule has 5 nitrogen and oxygen atoms in total. The zero-order valence-electron chi connectivity index (χ0n) is 7.34. The molecule has 0 fully saturated rings. The zero-order valence-corrected chi connectivity index (χ0v) is 7.34. The van der Waals surface area contributed by atoms with E-state index in [4.69, 9.17) is 10.8 Å². The van der Waals surface area contributed by atoms with Gasteiger partial charge in [-0.3, -0.25) is 4.40 Å². The Balaban J connectivity index is 2.81. The number of fused-ring (bicyclic) bond motifs is 1. The number of nitrogens with two attached hydrogens (primary N) is 1. The topological polar surface area (TPSA) is 80.6 Å². The Bertz CT molecular complexity index is 490. The molecule has 14 heavy (non-hydrogen) atoms. The largest absolute Gasteiger partial charge is 0.477 e. The van der Waals surface area contributed by atoms with Crippen LogP contribution in [0.3, 0.4) is 0 Å². The number of aromatic nitrogens is 2. The van der Waals surface area contributed by atoms with E-state index in [1.165, 1.54) is 6.07 Å². The lowest BCUT2D eigenvalue weighted by molar-refractivity contribution is 0.0688. The van der Waals surface area contributed by atoms with E-state index < -0.39 is 5.97 Å². The van der Waals surface area contributed by atoms with Crippen LogP contribution >= 0.6 is 0 Å². The summed E-state index contributed by atoms with van der Waals surface area (Å²) in [5.41, 5.74) is 6.95. The Morgan fingerprint density at radius 1 is 1.57 bits per heavy atom. The molecule has 0 aliphatic rings. The predicted octanol–water partition coefficient (Wildman–Crippen LogP) is 0.491. The molecule has 2 aromatic rings. The fraction of sp³-hybridized carbons (Fsp3) is 0.111. The Labute approximate surface area is 79.8 Å². The molecule has 0 bridgehead atoms. The monoisotopic (exact) mass is 191 g/mol. The number of carbonyl (C=O) groups is 1. The summed E-state index contributed by atoms with van der Waals surface area (Å²) in [6.45, 7) is 0.269. The highest BCUT2D eigenvalue weighted by Gasteiger charge is 2.10. The van der Waals surface area contributed by atoms with Gasteiger partial charge in [-0.05, 0) is 12.1 Å². The first kappa shape index (κ1) is 8.71. The number of pyridine rings is 1. The van der Waals surface area contributed by atoms with Crippen LogP contribution in [0.1, 0.15) is 16.2 Å². The maximum atomic E-state index is 10.9. The van der Waals surface area contributed by atoms with Crippen molar-refractivity contribution in [2.24, 2.45) is 5.73 Å². The van der Waals surface area contributed by atoms with Gasteiger partial charge in [0.1, 0.15) is 11.3 Å². The molecule has 2 rings (SSSR count). The number of nitrogens with zero attached hydrogens (tertiary/aromatic N) is 2. The highest BCUT2D eigenvalue weighted by molar-refractivity contribution is 5.86. The smallest absolute Gasteiger partial charge is 0.352 e. The van der Waals surface area contributed by atoms with Gasteiger partial charge >= 0.3 is 5.97 Å². The van der Waals surface area contributed by atoms with E-state index in [2.05, 4.69) is 4.98 Å². The molecule has 0 atom stereocenters. The first-order valence-corrected chi connectivity index (χ1v) is 4.12. The second-order valence-corrected chi connectivity index (χ2v) is 2.86. The van der Waals surface area contributed by atoms with Crippen LogP contribution in [0, 0.1) is 0 Å². The second kappa shape index (κ2) is 3.12. The lowest BCUT2D eigenvalue weighted by atomic mass is 10.3. The van der Waals surface area contributed by atoms with Crippen molar-refractivity contribution in [1.82, 2.24) is 9.38 Å². The highest BCUT2D eigenvalue weighted by atomic mass is 16.4. The molecule has 0 aliphatic carbocycles. The van der Waals surface area contributed by atoms with Crippen LogP contribution < -0.4 is 5.73 Å². The molecule has 0 saturated carbocycles. The van der Waals surface area contributed by atoms with Crippen molar-refractivity contribution < 1.29 is 9.90 Å². The van der Waals surface area contributed by atoms with Gasteiger partial charge in [-0.1, -0.05) is 6.07 Å². The van der Waals surface area contributed by atoms with E-state index in [9.17, 15) is 4.79 Å². The number of carboxylic acids is 1. The number of imidazole rings is 1. The molecular formula is C9H9N3O2.